The van der Waals surface area contributed by atoms with Crippen LogP contribution in [0.2, 0.25) is 0 Å². The Bertz CT molecular complexity index is 1250. The van der Waals surface area contributed by atoms with Crippen molar-refractivity contribution >= 4 is 27.6 Å². The minimum atomic E-state index is -3.95. The fraction of sp³-hybridized carbons (Fsp3) is 0.200. The molecule has 0 bridgehead atoms. The molecule has 0 saturated heterocycles. The molecule has 0 saturated carbocycles. The van der Waals surface area contributed by atoms with E-state index in [2.05, 4.69) is 10.0 Å². The van der Waals surface area contributed by atoms with Crippen molar-refractivity contribution in [2.45, 2.75) is 30.7 Å². The summed E-state index contributed by atoms with van der Waals surface area (Å²) in [6.07, 6.45) is -0.129. The van der Waals surface area contributed by atoms with Gasteiger partial charge in [-0.05, 0) is 47.4 Å². The average molecular weight is 500 g/mol. The smallest absolute Gasteiger partial charge is 0.326 e. The van der Waals surface area contributed by atoms with Crippen LogP contribution in [0.1, 0.15) is 16.7 Å². The van der Waals surface area contributed by atoms with Gasteiger partial charge < -0.3 is 16.2 Å². The number of rotatable bonds is 11. The molecular weight excluding hydrogens is 473 g/mol. The van der Waals surface area contributed by atoms with Crippen molar-refractivity contribution in [2.24, 2.45) is 0 Å². The van der Waals surface area contributed by atoms with Gasteiger partial charge in [0.1, 0.15) is 17.9 Å². The summed E-state index contributed by atoms with van der Waals surface area (Å²) >= 11 is 0. The van der Waals surface area contributed by atoms with Gasteiger partial charge in [0.2, 0.25) is 15.9 Å². The minimum absolute atomic E-state index is 0.0248. The molecule has 35 heavy (non-hydrogen) atoms. The van der Waals surface area contributed by atoms with Gasteiger partial charge in [-0.3, -0.25) is 4.79 Å². The number of hydrogen-bond donors (Lipinski definition) is 4. The molecule has 0 aliphatic carbocycles. The van der Waals surface area contributed by atoms with Crippen LogP contribution < -0.4 is 15.8 Å². The zero-order valence-electron chi connectivity index (χ0n) is 18.7. The Morgan fingerprint density at radius 2 is 1.37 bits per heavy atom. The number of carbonyl (C=O) groups is 2. The highest BCUT2D eigenvalue weighted by Crippen LogP contribution is 2.12. The van der Waals surface area contributed by atoms with Gasteiger partial charge >= 0.3 is 5.97 Å². The Hall–Kier alpha value is -3.76. The second-order valence-corrected chi connectivity index (χ2v) is 9.84. The highest BCUT2D eigenvalue weighted by Gasteiger charge is 2.29. The maximum Gasteiger partial charge on any atom is 0.326 e. The van der Waals surface area contributed by atoms with Crippen LogP contribution in [0.4, 0.5) is 10.1 Å². The van der Waals surface area contributed by atoms with E-state index in [1.54, 1.807) is 54.6 Å². The number of benzene rings is 3. The summed E-state index contributed by atoms with van der Waals surface area (Å²) in [5, 5.41) is 12.0. The Kier molecular flexibility index (Phi) is 8.56. The molecule has 5 N–H and O–H groups in total. The molecule has 2 atom stereocenters. The predicted octanol–water partition coefficient (Wildman–Crippen LogP) is 2.25. The van der Waals surface area contributed by atoms with Crippen LogP contribution in [-0.4, -0.2) is 37.5 Å². The molecular formula is C25H26FN3O5S. The number of carboxylic acid groups (broad SMARTS) is 1. The quantitative estimate of drug-likeness (QED) is 0.299. The normalized spacial score (nSPS) is 13.1. The van der Waals surface area contributed by atoms with Crippen molar-refractivity contribution in [1.29, 1.82) is 0 Å². The van der Waals surface area contributed by atoms with Crippen molar-refractivity contribution in [3.8, 4) is 0 Å². The van der Waals surface area contributed by atoms with Crippen molar-refractivity contribution in [3.63, 3.8) is 0 Å². The van der Waals surface area contributed by atoms with Gasteiger partial charge in [0.05, 0.1) is 5.75 Å². The van der Waals surface area contributed by atoms with Crippen molar-refractivity contribution < 1.29 is 27.5 Å². The molecule has 1 amide bonds. The number of carbonyl (C=O) groups excluding carboxylic acids is 1. The summed E-state index contributed by atoms with van der Waals surface area (Å²) in [6, 6.07) is 17.6. The molecule has 10 heteroatoms. The number of nitrogen functional groups attached to an aromatic ring is 1. The third-order valence-corrected chi connectivity index (χ3v) is 6.58. The van der Waals surface area contributed by atoms with E-state index in [0.29, 0.717) is 22.4 Å². The van der Waals surface area contributed by atoms with Gasteiger partial charge in [-0.15, -0.1) is 0 Å². The standard InChI is InChI=1S/C25H26FN3O5S/c26-20-10-6-17(7-11-20)15-23(25(31)32)28-24(30)22(14-18-8-12-21(27)13-9-18)29-35(33,34)16-19-4-2-1-3-5-19/h1-13,22-23,29H,14-16,27H2,(H,28,30)(H,31,32)/t22-,23-/m0/s1. The first-order valence-corrected chi connectivity index (χ1v) is 12.4. The topological polar surface area (TPSA) is 139 Å². The Balaban J connectivity index is 1.80. The number of halogens is 1. The summed E-state index contributed by atoms with van der Waals surface area (Å²) in [5.74, 6) is -2.92. The second kappa shape index (κ2) is 11.6. The first-order valence-electron chi connectivity index (χ1n) is 10.8. The zero-order valence-corrected chi connectivity index (χ0v) is 19.5. The summed E-state index contributed by atoms with van der Waals surface area (Å²) in [5.41, 5.74) is 7.88. The summed E-state index contributed by atoms with van der Waals surface area (Å²) < 4.78 is 41.3. The molecule has 0 fully saturated rings. The number of nitrogens with one attached hydrogen (secondary N) is 2. The van der Waals surface area contributed by atoms with E-state index in [-0.39, 0.29) is 18.6 Å². The fourth-order valence-corrected chi connectivity index (χ4v) is 4.80. The number of amides is 1. The zero-order chi connectivity index (χ0) is 25.4. The van der Waals surface area contributed by atoms with E-state index in [0.717, 1.165) is 0 Å². The van der Waals surface area contributed by atoms with Crippen LogP contribution in [-0.2, 0) is 38.2 Å². The number of aliphatic carboxylic acids is 1. The lowest BCUT2D eigenvalue weighted by molar-refractivity contribution is -0.142. The van der Waals surface area contributed by atoms with Crippen LogP contribution >= 0.6 is 0 Å². The number of anilines is 1. The molecule has 8 nitrogen and oxygen atoms in total. The van der Waals surface area contributed by atoms with Gasteiger partial charge in [0.25, 0.3) is 0 Å². The maximum absolute atomic E-state index is 13.2. The second-order valence-electron chi connectivity index (χ2n) is 8.09. The van der Waals surface area contributed by atoms with Gasteiger partial charge in [-0.25, -0.2) is 22.3 Å². The maximum atomic E-state index is 13.2. The molecule has 3 aromatic rings. The third-order valence-electron chi connectivity index (χ3n) is 5.23. The lowest BCUT2D eigenvalue weighted by Gasteiger charge is -2.22. The largest absolute Gasteiger partial charge is 0.480 e. The lowest BCUT2D eigenvalue weighted by Crippen LogP contribution is -2.53. The van der Waals surface area contributed by atoms with Crippen LogP contribution in [0, 0.1) is 5.82 Å². The van der Waals surface area contributed by atoms with E-state index >= 15 is 0 Å². The molecule has 0 spiro atoms. The Morgan fingerprint density at radius 1 is 0.829 bits per heavy atom. The van der Waals surface area contributed by atoms with E-state index in [9.17, 15) is 27.5 Å². The highest BCUT2D eigenvalue weighted by atomic mass is 32.2. The van der Waals surface area contributed by atoms with Gasteiger partial charge in [-0.1, -0.05) is 54.6 Å². The molecule has 0 unspecified atom stereocenters. The fourth-order valence-electron chi connectivity index (χ4n) is 3.46. The Morgan fingerprint density at radius 3 is 1.94 bits per heavy atom. The van der Waals surface area contributed by atoms with E-state index in [1.165, 1.54) is 24.3 Å². The molecule has 0 heterocycles. The number of sulfonamides is 1. The molecule has 3 aromatic carbocycles. The van der Waals surface area contributed by atoms with Gasteiger partial charge in [0, 0.05) is 12.1 Å². The average Bonchev–Trinajstić information content (AvgIpc) is 2.81. The third kappa shape index (κ3) is 8.20. The number of nitrogens with two attached hydrogens (primary N) is 1. The lowest BCUT2D eigenvalue weighted by atomic mass is 10.0. The minimum Gasteiger partial charge on any atom is -0.480 e. The summed E-state index contributed by atoms with van der Waals surface area (Å²) in [7, 11) is -3.95. The first-order chi connectivity index (χ1) is 16.6. The molecule has 0 aliphatic heterocycles. The van der Waals surface area contributed by atoms with E-state index in [4.69, 9.17) is 5.73 Å². The first kappa shape index (κ1) is 25.9. The molecule has 0 radical (unpaired) electrons. The van der Waals surface area contributed by atoms with Crippen LogP contribution in [0.25, 0.3) is 0 Å². The molecule has 0 aromatic heterocycles. The predicted molar refractivity (Wildman–Crippen MR) is 130 cm³/mol. The number of carboxylic acids is 1. The molecule has 0 aliphatic rings. The summed E-state index contributed by atoms with van der Waals surface area (Å²) in [6.45, 7) is 0. The van der Waals surface area contributed by atoms with Crippen molar-refractivity contribution in [1.82, 2.24) is 10.0 Å². The van der Waals surface area contributed by atoms with Crippen molar-refractivity contribution in [3.05, 3.63) is 101 Å². The van der Waals surface area contributed by atoms with Crippen LogP contribution in [0.5, 0.6) is 0 Å². The van der Waals surface area contributed by atoms with Crippen LogP contribution in [0.3, 0.4) is 0 Å². The molecule has 184 valence electrons. The number of hydrogen-bond acceptors (Lipinski definition) is 5. The highest BCUT2D eigenvalue weighted by molar-refractivity contribution is 7.88. The summed E-state index contributed by atoms with van der Waals surface area (Å²) in [4.78, 5) is 24.9. The van der Waals surface area contributed by atoms with Gasteiger partial charge in [0.15, 0.2) is 0 Å². The SMILES string of the molecule is Nc1ccc(C[C@H](NS(=O)(=O)Cc2ccccc2)C(=O)N[C@@H](Cc2ccc(F)cc2)C(=O)O)cc1. The van der Waals surface area contributed by atoms with E-state index in [1.807, 2.05) is 0 Å². The monoisotopic (exact) mass is 499 g/mol. The van der Waals surface area contributed by atoms with Crippen LogP contribution in [0.15, 0.2) is 78.9 Å². The van der Waals surface area contributed by atoms with Crippen molar-refractivity contribution in [2.75, 3.05) is 5.73 Å². The van der Waals surface area contributed by atoms with Gasteiger partial charge in [-0.2, -0.15) is 0 Å². The Labute approximate surface area is 203 Å². The molecule has 3 rings (SSSR count). The van der Waals surface area contributed by atoms with E-state index < -0.39 is 39.8 Å².